The van der Waals surface area contributed by atoms with Crippen molar-refractivity contribution < 1.29 is 18.3 Å². The molecule has 1 aromatic heterocycles. The van der Waals surface area contributed by atoms with Gasteiger partial charge in [0, 0.05) is 18.3 Å². The lowest BCUT2D eigenvalue weighted by Gasteiger charge is -2.13. The summed E-state index contributed by atoms with van der Waals surface area (Å²) in [7, 11) is 0. The third-order valence-corrected chi connectivity index (χ3v) is 2.86. The molecule has 0 aliphatic rings. The molecule has 1 atom stereocenters. The Morgan fingerprint density at radius 2 is 1.90 bits per heavy atom. The number of aliphatic hydroxyl groups excluding tert-OH is 1. The zero-order chi connectivity index (χ0) is 14.8. The van der Waals surface area contributed by atoms with Crippen LogP contribution in [0.25, 0.3) is 11.1 Å². The van der Waals surface area contributed by atoms with Gasteiger partial charge in [0.15, 0.2) is 0 Å². The lowest BCUT2D eigenvalue weighted by atomic mass is 9.99. The normalized spacial score (nSPS) is 13.2. The van der Waals surface area contributed by atoms with Crippen LogP contribution < -0.4 is 0 Å². The topological polar surface area (TPSA) is 33.1 Å². The Kier molecular flexibility index (Phi) is 4.09. The molecule has 0 bridgehead atoms. The van der Waals surface area contributed by atoms with Gasteiger partial charge >= 0.3 is 6.18 Å². The Labute approximate surface area is 114 Å². The average molecular weight is 281 g/mol. The minimum Gasteiger partial charge on any atom is -0.393 e. The molecule has 106 valence electrons. The Balaban J connectivity index is 2.47. The highest BCUT2D eigenvalue weighted by Gasteiger charge is 2.33. The van der Waals surface area contributed by atoms with Gasteiger partial charge < -0.3 is 5.11 Å². The van der Waals surface area contributed by atoms with Crippen LogP contribution in [-0.4, -0.2) is 16.2 Å². The third kappa shape index (κ3) is 3.36. The van der Waals surface area contributed by atoms with Gasteiger partial charge in [0.25, 0.3) is 0 Å². The van der Waals surface area contributed by atoms with E-state index in [1.807, 2.05) is 0 Å². The molecule has 2 nitrogen and oxygen atoms in total. The van der Waals surface area contributed by atoms with E-state index in [1.165, 1.54) is 24.4 Å². The van der Waals surface area contributed by atoms with Crippen LogP contribution in [0.2, 0.25) is 0 Å². The quantitative estimate of drug-likeness (QED) is 0.930. The van der Waals surface area contributed by atoms with Gasteiger partial charge in [-0.1, -0.05) is 18.2 Å². The van der Waals surface area contributed by atoms with Gasteiger partial charge in [-0.25, -0.2) is 0 Å². The van der Waals surface area contributed by atoms with E-state index in [0.717, 1.165) is 6.07 Å². The molecule has 20 heavy (non-hydrogen) atoms. The van der Waals surface area contributed by atoms with Crippen molar-refractivity contribution in [2.75, 3.05) is 0 Å². The van der Waals surface area contributed by atoms with E-state index in [2.05, 4.69) is 4.98 Å². The second kappa shape index (κ2) is 5.63. The van der Waals surface area contributed by atoms with Crippen molar-refractivity contribution in [1.29, 1.82) is 0 Å². The van der Waals surface area contributed by atoms with Crippen molar-refractivity contribution in [2.24, 2.45) is 0 Å². The number of aliphatic hydroxyl groups is 1. The van der Waals surface area contributed by atoms with Crippen molar-refractivity contribution >= 4 is 0 Å². The molecule has 0 saturated carbocycles. The monoisotopic (exact) mass is 281 g/mol. The molecule has 0 spiro atoms. The number of alkyl halides is 3. The summed E-state index contributed by atoms with van der Waals surface area (Å²) in [6.07, 6.45) is -3.22. The second-order valence-corrected chi connectivity index (χ2v) is 4.63. The van der Waals surface area contributed by atoms with Crippen LogP contribution in [0.3, 0.4) is 0 Å². The predicted molar refractivity (Wildman–Crippen MR) is 70.1 cm³/mol. The van der Waals surface area contributed by atoms with E-state index in [-0.39, 0.29) is 5.56 Å². The number of pyridine rings is 1. The Morgan fingerprint density at radius 1 is 1.20 bits per heavy atom. The van der Waals surface area contributed by atoms with E-state index in [4.69, 9.17) is 0 Å². The van der Waals surface area contributed by atoms with Crippen molar-refractivity contribution in [1.82, 2.24) is 4.98 Å². The summed E-state index contributed by atoms with van der Waals surface area (Å²) in [5, 5.41) is 9.33. The predicted octanol–water partition coefficient (Wildman–Crippen LogP) is 3.69. The largest absolute Gasteiger partial charge is 0.417 e. The minimum absolute atomic E-state index is 0.120. The van der Waals surface area contributed by atoms with Crippen LogP contribution in [0.4, 0.5) is 13.2 Å². The molecule has 0 aliphatic carbocycles. The molecular formula is C15H14F3NO. The third-order valence-electron chi connectivity index (χ3n) is 2.86. The molecule has 0 aliphatic heterocycles. The first-order valence-electron chi connectivity index (χ1n) is 6.17. The maximum Gasteiger partial charge on any atom is 0.417 e. The van der Waals surface area contributed by atoms with E-state index in [1.54, 1.807) is 19.1 Å². The van der Waals surface area contributed by atoms with Crippen LogP contribution in [-0.2, 0) is 12.6 Å². The molecule has 1 unspecified atom stereocenters. The number of aromatic nitrogens is 1. The summed E-state index contributed by atoms with van der Waals surface area (Å²) in [5.74, 6) is 0. The first-order valence-corrected chi connectivity index (χ1v) is 6.17. The van der Waals surface area contributed by atoms with Gasteiger partial charge in [-0.05, 0) is 36.2 Å². The van der Waals surface area contributed by atoms with Crippen LogP contribution in [0.15, 0.2) is 42.6 Å². The molecule has 0 amide bonds. The SMILES string of the molecule is CC(O)Cc1cc(-c2ccccc2C(F)(F)F)ccn1. The Bertz CT molecular complexity index is 594. The fourth-order valence-corrected chi connectivity index (χ4v) is 2.04. The molecule has 0 saturated heterocycles. The molecule has 1 aromatic carbocycles. The van der Waals surface area contributed by atoms with E-state index >= 15 is 0 Å². The maximum absolute atomic E-state index is 13.0. The second-order valence-electron chi connectivity index (χ2n) is 4.63. The molecule has 1 heterocycles. The van der Waals surface area contributed by atoms with E-state index in [0.29, 0.717) is 17.7 Å². The summed E-state index contributed by atoms with van der Waals surface area (Å²) >= 11 is 0. The molecule has 2 aromatic rings. The number of halogens is 3. The lowest BCUT2D eigenvalue weighted by molar-refractivity contribution is -0.137. The number of nitrogens with zero attached hydrogens (tertiary/aromatic N) is 1. The van der Waals surface area contributed by atoms with Gasteiger partial charge in [-0.2, -0.15) is 13.2 Å². The van der Waals surface area contributed by atoms with Crippen LogP contribution >= 0.6 is 0 Å². The molecular weight excluding hydrogens is 267 g/mol. The highest BCUT2D eigenvalue weighted by atomic mass is 19.4. The Hall–Kier alpha value is -1.88. The lowest BCUT2D eigenvalue weighted by Crippen LogP contribution is -2.08. The van der Waals surface area contributed by atoms with E-state index < -0.39 is 17.8 Å². The van der Waals surface area contributed by atoms with Gasteiger partial charge in [0.2, 0.25) is 0 Å². The Morgan fingerprint density at radius 3 is 2.55 bits per heavy atom. The zero-order valence-electron chi connectivity index (χ0n) is 10.9. The summed E-state index contributed by atoms with van der Waals surface area (Å²) in [6, 6.07) is 8.55. The van der Waals surface area contributed by atoms with Gasteiger partial charge in [-0.3, -0.25) is 4.98 Å². The van der Waals surface area contributed by atoms with Crippen molar-refractivity contribution in [3.8, 4) is 11.1 Å². The number of benzene rings is 1. The van der Waals surface area contributed by atoms with E-state index in [9.17, 15) is 18.3 Å². The summed E-state index contributed by atoms with van der Waals surface area (Å²) < 4.78 is 39.0. The van der Waals surface area contributed by atoms with Gasteiger partial charge in [0.1, 0.15) is 0 Å². The number of hydrogen-bond donors (Lipinski definition) is 1. The summed E-state index contributed by atoms with van der Waals surface area (Å²) in [5.41, 5.74) is 0.460. The minimum atomic E-state index is -4.40. The molecule has 0 radical (unpaired) electrons. The van der Waals surface area contributed by atoms with Crippen LogP contribution in [0, 0.1) is 0 Å². The smallest absolute Gasteiger partial charge is 0.393 e. The van der Waals surface area contributed by atoms with Crippen LogP contribution in [0.5, 0.6) is 0 Å². The van der Waals surface area contributed by atoms with Crippen LogP contribution in [0.1, 0.15) is 18.2 Å². The van der Waals surface area contributed by atoms with Gasteiger partial charge in [0.05, 0.1) is 11.7 Å². The number of hydrogen-bond acceptors (Lipinski definition) is 2. The zero-order valence-corrected chi connectivity index (χ0v) is 10.9. The maximum atomic E-state index is 13.0. The average Bonchev–Trinajstić information content (AvgIpc) is 2.37. The summed E-state index contributed by atoms with van der Waals surface area (Å²) in [4.78, 5) is 4.06. The first kappa shape index (κ1) is 14.5. The molecule has 2 rings (SSSR count). The van der Waals surface area contributed by atoms with Gasteiger partial charge in [-0.15, -0.1) is 0 Å². The van der Waals surface area contributed by atoms with Crippen molar-refractivity contribution in [3.05, 3.63) is 53.9 Å². The summed E-state index contributed by atoms with van der Waals surface area (Å²) in [6.45, 7) is 1.61. The molecule has 5 heteroatoms. The first-order chi connectivity index (χ1) is 9.38. The molecule has 1 N–H and O–H groups in total. The fourth-order valence-electron chi connectivity index (χ4n) is 2.04. The van der Waals surface area contributed by atoms with Crippen molar-refractivity contribution in [3.63, 3.8) is 0 Å². The molecule has 0 fully saturated rings. The number of rotatable bonds is 3. The fraction of sp³-hybridized carbons (Fsp3) is 0.267. The highest BCUT2D eigenvalue weighted by molar-refractivity contribution is 5.68. The standard InChI is InChI=1S/C15H14F3NO/c1-10(20)8-12-9-11(6-7-19-12)13-4-2-3-5-14(13)15(16,17)18/h2-7,9-10,20H,8H2,1H3. The highest BCUT2D eigenvalue weighted by Crippen LogP contribution is 2.36. The van der Waals surface area contributed by atoms with Crippen molar-refractivity contribution in [2.45, 2.75) is 25.6 Å².